The summed E-state index contributed by atoms with van der Waals surface area (Å²) in [5, 5.41) is 8.53. The van der Waals surface area contributed by atoms with E-state index in [4.69, 9.17) is 4.98 Å². The molecule has 3 nitrogen and oxygen atoms in total. The smallest absolute Gasteiger partial charge is 0.0765 e. The number of hydrogen-bond donors (Lipinski definition) is 2. The number of aromatic nitrogens is 1. The van der Waals surface area contributed by atoms with Gasteiger partial charge >= 0.3 is 0 Å². The Hall–Kier alpha value is -1.61. The Morgan fingerprint density at radius 2 is 1.95 bits per heavy atom. The molecule has 1 heterocycles. The number of para-hydroxylation sites is 1. The molecular weight excluding hydrogens is 258 g/mol. The van der Waals surface area contributed by atoms with Crippen LogP contribution in [-0.2, 0) is 12.8 Å². The van der Waals surface area contributed by atoms with Gasteiger partial charge in [-0.2, -0.15) is 0 Å². The van der Waals surface area contributed by atoms with Crippen molar-refractivity contribution >= 4 is 16.6 Å². The van der Waals surface area contributed by atoms with E-state index in [2.05, 4.69) is 48.7 Å². The van der Waals surface area contributed by atoms with Crippen LogP contribution in [0.2, 0.25) is 0 Å². The van der Waals surface area contributed by atoms with Crippen LogP contribution in [0, 0.1) is 0 Å². The quantitative estimate of drug-likeness (QED) is 0.818. The molecule has 1 aromatic heterocycles. The van der Waals surface area contributed by atoms with Crippen LogP contribution in [0.4, 0.5) is 5.69 Å². The molecular formula is C18H25N3. The third kappa shape index (κ3) is 2.88. The van der Waals surface area contributed by atoms with E-state index in [-0.39, 0.29) is 0 Å². The molecule has 3 heteroatoms. The summed E-state index contributed by atoms with van der Waals surface area (Å²) in [5.74, 6) is 0. The SMILES string of the molecule is CCNC(CC)Nc1c2c(nc3ccccc13)CCCC2. The monoisotopic (exact) mass is 283 g/mol. The van der Waals surface area contributed by atoms with Gasteiger partial charge in [0, 0.05) is 16.8 Å². The molecule has 2 aromatic rings. The zero-order valence-corrected chi connectivity index (χ0v) is 13.1. The second kappa shape index (κ2) is 6.44. The predicted octanol–water partition coefficient (Wildman–Crippen LogP) is 3.87. The predicted molar refractivity (Wildman–Crippen MR) is 89.8 cm³/mol. The van der Waals surface area contributed by atoms with Gasteiger partial charge in [-0.15, -0.1) is 0 Å². The van der Waals surface area contributed by atoms with E-state index in [0.717, 1.165) is 31.3 Å². The van der Waals surface area contributed by atoms with Gasteiger partial charge in [0.15, 0.2) is 0 Å². The van der Waals surface area contributed by atoms with Crippen LogP contribution in [0.5, 0.6) is 0 Å². The highest BCUT2D eigenvalue weighted by atomic mass is 15.1. The van der Waals surface area contributed by atoms with Crippen molar-refractivity contribution in [2.75, 3.05) is 11.9 Å². The molecule has 0 saturated heterocycles. The fraction of sp³-hybridized carbons (Fsp3) is 0.500. The van der Waals surface area contributed by atoms with Gasteiger partial charge in [0.1, 0.15) is 0 Å². The van der Waals surface area contributed by atoms with Crippen molar-refractivity contribution in [3.63, 3.8) is 0 Å². The third-order valence-corrected chi connectivity index (χ3v) is 4.35. The summed E-state index contributed by atoms with van der Waals surface area (Å²) < 4.78 is 0. The fourth-order valence-corrected chi connectivity index (χ4v) is 3.26. The van der Waals surface area contributed by atoms with Crippen LogP contribution in [-0.4, -0.2) is 17.7 Å². The molecule has 0 radical (unpaired) electrons. The number of anilines is 1. The number of aryl methyl sites for hydroxylation is 1. The molecule has 0 spiro atoms. The lowest BCUT2D eigenvalue weighted by atomic mass is 9.92. The molecule has 0 aliphatic heterocycles. The van der Waals surface area contributed by atoms with Crippen LogP contribution < -0.4 is 10.6 Å². The largest absolute Gasteiger partial charge is 0.369 e. The van der Waals surface area contributed by atoms with Gasteiger partial charge < -0.3 is 5.32 Å². The minimum absolute atomic E-state index is 0.326. The Balaban J connectivity index is 2.09. The van der Waals surface area contributed by atoms with E-state index in [1.54, 1.807) is 0 Å². The van der Waals surface area contributed by atoms with E-state index in [0.29, 0.717) is 6.17 Å². The highest BCUT2D eigenvalue weighted by Gasteiger charge is 2.19. The zero-order chi connectivity index (χ0) is 14.7. The molecule has 0 fully saturated rings. The van der Waals surface area contributed by atoms with Gasteiger partial charge in [-0.05, 0) is 50.3 Å². The van der Waals surface area contributed by atoms with Gasteiger partial charge in [0.05, 0.1) is 11.7 Å². The summed E-state index contributed by atoms with van der Waals surface area (Å²) in [6.45, 7) is 5.36. The number of benzene rings is 1. The van der Waals surface area contributed by atoms with E-state index in [1.165, 1.54) is 35.2 Å². The highest BCUT2D eigenvalue weighted by Crippen LogP contribution is 2.33. The first kappa shape index (κ1) is 14.3. The van der Waals surface area contributed by atoms with Crippen molar-refractivity contribution < 1.29 is 0 Å². The molecule has 0 bridgehead atoms. The molecule has 21 heavy (non-hydrogen) atoms. The van der Waals surface area contributed by atoms with Crippen molar-refractivity contribution in [2.45, 2.75) is 52.1 Å². The standard InChI is InChI=1S/C18H25N3/c1-3-17(19-4-2)21-18-13-9-5-7-11-15(13)20-16-12-8-6-10-14(16)18/h5,7,9,11,17,19H,3-4,6,8,10,12H2,1-2H3,(H,20,21). The molecule has 1 aliphatic rings. The number of nitrogens with zero attached hydrogens (tertiary/aromatic N) is 1. The Morgan fingerprint density at radius 3 is 2.76 bits per heavy atom. The maximum atomic E-state index is 4.90. The van der Waals surface area contributed by atoms with E-state index in [1.807, 2.05) is 0 Å². The maximum Gasteiger partial charge on any atom is 0.0765 e. The van der Waals surface area contributed by atoms with Crippen molar-refractivity contribution in [3.05, 3.63) is 35.5 Å². The van der Waals surface area contributed by atoms with Crippen LogP contribution in [0.25, 0.3) is 10.9 Å². The summed E-state index contributed by atoms with van der Waals surface area (Å²) in [5.41, 5.74) is 5.17. The number of fused-ring (bicyclic) bond motifs is 2. The fourth-order valence-electron chi connectivity index (χ4n) is 3.26. The van der Waals surface area contributed by atoms with Crippen molar-refractivity contribution in [3.8, 4) is 0 Å². The first-order chi connectivity index (χ1) is 10.3. The molecule has 1 aliphatic carbocycles. The lowest BCUT2D eigenvalue weighted by molar-refractivity contribution is 0.563. The molecule has 0 amide bonds. The van der Waals surface area contributed by atoms with Crippen molar-refractivity contribution in [1.29, 1.82) is 0 Å². The molecule has 1 atom stereocenters. The Kier molecular flexibility index (Phi) is 4.39. The van der Waals surface area contributed by atoms with Gasteiger partial charge in [0.25, 0.3) is 0 Å². The van der Waals surface area contributed by atoms with Crippen LogP contribution in [0.3, 0.4) is 0 Å². The molecule has 1 aromatic carbocycles. The van der Waals surface area contributed by atoms with Crippen molar-refractivity contribution in [2.24, 2.45) is 0 Å². The van der Waals surface area contributed by atoms with E-state index in [9.17, 15) is 0 Å². The number of hydrogen-bond acceptors (Lipinski definition) is 3. The van der Waals surface area contributed by atoms with E-state index < -0.39 is 0 Å². The summed E-state index contributed by atoms with van der Waals surface area (Å²) in [6.07, 6.45) is 6.21. The number of rotatable bonds is 5. The summed E-state index contributed by atoms with van der Waals surface area (Å²) in [7, 11) is 0. The first-order valence-corrected chi connectivity index (χ1v) is 8.24. The maximum absolute atomic E-state index is 4.90. The third-order valence-electron chi connectivity index (χ3n) is 4.35. The minimum atomic E-state index is 0.326. The van der Waals surface area contributed by atoms with Gasteiger partial charge in [-0.25, -0.2) is 0 Å². The van der Waals surface area contributed by atoms with Crippen LogP contribution in [0.1, 0.15) is 44.4 Å². The van der Waals surface area contributed by atoms with Crippen LogP contribution in [0.15, 0.2) is 24.3 Å². The van der Waals surface area contributed by atoms with Gasteiger partial charge in [0.2, 0.25) is 0 Å². The summed E-state index contributed by atoms with van der Waals surface area (Å²) in [4.78, 5) is 4.90. The molecule has 2 N–H and O–H groups in total. The number of nitrogens with one attached hydrogen (secondary N) is 2. The van der Waals surface area contributed by atoms with Gasteiger partial charge in [-0.3, -0.25) is 10.3 Å². The first-order valence-electron chi connectivity index (χ1n) is 8.24. The topological polar surface area (TPSA) is 37.0 Å². The Labute approximate surface area is 127 Å². The van der Waals surface area contributed by atoms with Gasteiger partial charge in [-0.1, -0.05) is 32.0 Å². The zero-order valence-electron chi connectivity index (χ0n) is 13.1. The average Bonchev–Trinajstić information content (AvgIpc) is 2.53. The van der Waals surface area contributed by atoms with E-state index >= 15 is 0 Å². The Morgan fingerprint density at radius 1 is 1.14 bits per heavy atom. The molecule has 0 saturated carbocycles. The second-order valence-corrected chi connectivity index (χ2v) is 5.80. The lowest BCUT2D eigenvalue weighted by Gasteiger charge is -2.26. The molecule has 112 valence electrons. The van der Waals surface area contributed by atoms with Crippen LogP contribution >= 0.6 is 0 Å². The molecule has 1 unspecified atom stereocenters. The Bertz CT molecular complexity index is 621. The average molecular weight is 283 g/mol. The second-order valence-electron chi connectivity index (χ2n) is 5.80. The normalized spacial score (nSPS) is 15.7. The highest BCUT2D eigenvalue weighted by molar-refractivity contribution is 5.93. The summed E-state index contributed by atoms with van der Waals surface area (Å²) >= 11 is 0. The lowest BCUT2D eigenvalue weighted by Crippen LogP contribution is -2.36. The summed E-state index contributed by atoms with van der Waals surface area (Å²) in [6, 6.07) is 8.51. The minimum Gasteiger partial charge on any atom is -0.369 e. The van der Waals surface area contributed by atoms with Crippen molar-refractivity contribution in [1.82, 2.24) is 10.3 Å². The molecule has 3 rings (SSSR count). The number of pyridine rings is 1.